The van der Waals surface area contributed by atoms with E-state index in [1.165, 1.54) is 45.3 Å². The van der Waals surface area contributed by atoms with Crippen LogP contribution in [-0.4, -0.2) is 26.4 Å². The van der Waals surface area contributed by atoms with Gasteiger partial charge >= 0.3 is 0 Å². The van der Waals surface area contributed by atoms with Crippen molar-refractivity contribution in [3.63, 3.8) is 0 Å². The monoisotopic (exact) mass is 295 g/mol. The van der Waals surface area contributed by atoms with E-state index in [2.05, 4.69) is 12.2 Å². The van der Waals surface area contributed by atoms with Crippen molar-refractivity contribution in [1.82, 2.24) is 5.32 Å². The normalized spacial score (nSPS) is 17.7. The van der Waals surface area contributed by atoms with E-state index in [1.807, 2.05) is 0 Å². The van der Waals surface area contributed by atoms with Gasteiger partial charge in [0.2, 0.25) is 0 Å². The molecule has 3 nitrogen and oxygen atoms in total. The van der Waals surface area contributed by atoms with E-state index < -0.39 is 0 Å². The molecule has 1 saturated carbocycles. The highest BCUT2D eigenvalue weighted by atomic mass is 19.1. The Morgan fingerprint density at radius 1 is 1.29 bits per heavy atom. The fourth-order valence-corrected chi connectivity index (χ4v) is 2.80. The molecule has 1 aromatic rings. The summed E-state index contributed by atoms with van der Waals surface area (Å²) in [7, 11) is 1.48. The summed E-state index contributed by atoms with van der Waals surface area (Å²) in [6.45, 7) is 3.60. The molecule has 0 bridgehead atoms. The van der Waals surface area contributed by atoms with Crippen LogP contribution in [0.25, 0.3) is 0 Å². The van der Waals surface area contributed by atoms with E-state index in [0.29, 0.717) is 11.9 Å². The second-order valence-corrected chi connectivity index (χ2v) is 5.70. The number of nitrogens with one attached hydrogen (secondary N) is 1. The number of halogens is 1. The van der Waals surface area contributed by atoms with Crippen LogP contribution < -0.4 is 10.1 Å². The maximum atomic E-state index is 13.4. The van der Waals surface area contributed by atoms with Gasteiger partial charge in [-0.15, -0.1) is 0 Å². The maximum Gasteiger partial charge on any atom is 0.165 e. The largest absolute Gasteiger partial charge is 0.494 e. The van der Waals surface area contributed by atoms with Crippen molar-refractivity contribution in [2.75, 3.05) is 20.3 Å². The van der Waals surface area contributed by atoms with E-state index >= 15 is 0 Å². The molecule has 0 aromatic heterocycles. The summed E-state index contributed by atoms with van der Waals surface area (Å²) in [6.07, 6.45) is 6.78. The molecule has 21 heavy (non-hydrogen) atoms. The lowest BCUT2D eigenvalue weighted by molar-refractivity contribution is 0.0295. The first-order valence-electron chi connectivity index (χ1n) is 7.89. The predicted molar refractivity (Wildman–Crippen MR) is 82.2 cm³/mol. The topological polar surface area (TPSA) is 30.5 Å². The maximum absolute atomic E-state index is 13.4. The first-order chi connectivity index (χ1) is 10.2. The Hall–Kier alpha value is -1.13. The first kappa shape index (κ1) is 16.2. The molecule has 1 aliphatic carbocycles. The molecule has 0 amide bonds. The van der Waals surface area contributed by atoms with E-state index in [-0.39, 0.29) is 11.9 Å². The molecule has 0 heterocycles. The van der Waals surface area contributed by atoms with Gasteiger partial charge in [0, 0.05) is 12.6 Å². The Balaban J connectivity index is 1.72. The molecule has 0 aliphatic heterocycles. The third-order valence-corrected chi connectivity index (χ3v) is 4.13. The fraction of sp³-hybridized carbons (Fsp3) is 0.647. The van der Waals surface area contributed by atoms with Gasteiger partial charge < -0.3 is 14.8 Å². The van der Waals surface area contributed by atoms with Crippen LogP contribution >= 0.6 is 0 Å². The number of benzene rings is 1. The average Bonchev–Trinajstić information content (AvgIpc) is 2.53. The third-order valence-electron chi connectivity index (χ3n) is 4.13. The molecule has 0 radical (unpaired) electrons. The summed E-state index contributed by atoms with van der Waals surface area (Å²) in [5, 5.41) is 3.41. The van der Waals surface area contributed by atoms with Crippen LogP contribution in [0.3, 0.4) is 0 Å². The lowest BCUT2D eigenvalue weighted by Gasteiger charge is -2.22. The Bertz CT molecular complexity index is 433. The Labute approximate surface area is 126 Å². The van der Waals surface area contributed by atoms with Gasteiger partial charge in [0.05, 0.1) is 19.8 Å². The van der Waals surface area contributed by atoms with Crippen molar-refractivity contribution in [3.05, 3.63) is 29.6 Å². The van der Waals surface area contributed by atoms with Gasteiger partial charge in [-0.1, -0.05) is 25.3 Å². The zero-order chi connectivity index (χ0) is 15.1. The van der Waals surface area contributed by atoms with Crippen molar-refractivity contribution < 1.29 is 13.9 Å². The molecular formula is C17H26FNO2. The van der Waals surface area contributed by atoms with Crippen molar-refractivity contribution in [2.45, 2.75) is 51.2 Å². The molecular weight excluding hydrogens is 269 g/mol. The first-order valence-corrected chi connectivity index (χ1v) is 7.89. The van der Waals surface area contributed by atoms with Gasteiger partial charge in [0.1, 0.15) is 0 Å². The van der Waals surface area contributed by atoms with Gasteiger partial charge in [-0.05, 0) is 37.5 Å². The third kappa shape index (κ3) is 4.97. The van der Waals surface area contributed by atoms with Gasteiger partial charge in [-0.3, -0.25) is 0 Å². The molecule has 0 spiro atoms. The van der Waals surface area contributed by atoms with Crippen LogP contribution in [0, 0.1) is 5.82 Å². The number of methoxy groups -OCH3 is 1. The minimum Gasteiger partial charge on any atom is -0.494 e. The Morgan fingerprint density at radius 3 is 2.76 bits per heavy atom. The van der Waals surface area contributed by atoms with E-state index in [0.717, 1.165) is 18.7 Å². The lowest BCUT2D eigenvalue weighted by atomic mass is 9.98. The van der Waals surface area contributed by atoms with Crippen molar-refractivity contribution in [2.24, 2.45) is 0 Å². The molecule has 1 fully saturated rings. The molecule has 1 aromatic carbocycles. The highest BCUT2D eigenvalue weighted by Gasteiger charge is 2.13. The molecule has 1 atom stereocenters. The Kier molecular flexibility index (Phi) is 6.46. The predicted octanol–water partition coefficient (Wildman–Crippen LogP) is 3.83. The van der Waals surface area contributed by atoms with E-state index in [1.54, 1.807) is 12.1 Å². The SMILES string of the molecule is COc1cc(C(C)NCCOC2CCCCC2)ccc1F. The molecule has 1 N–H and O–H groups in total. The van der Waals surface area contributed by atoms with Gasteiger partial charge in [0.25, 0.3) is 0 Å². The molecule has 2 rings (SSSR count). The molecule has 1 unspecified atom stereocenters. The minimum absolute atomic E-state index is 0.148. The van der Waals surface area contributed by atoms with Crippen molar-refractivity contribution in [1.29, 1.82) is 0 Å². The Morgan fingerprint density at radius 2 is 2.05 bits per heavy atom. The minimum atomic E-state index is -0.325. The van der Waals surface area contributed by atoms with Gasteiger partial charge in [-0.2, -0.15) is 0 Å². The zero-order valence-corrected chi connectivity index (χ0v) is 13.0. The quantitative estimate of drug-likeness (QED) is 0.775. The average molecular weight is 295 g/mol. The number of ether oxygens (including phenoxy) is 2. The van der Waals surface area contributed by atoms with Crippen molar-refractivity contribution >= 4 is 0 Å². The number of hydrogen-bond donors (Lipinski definition) is 1. The molecule has 4 heteroatoms. The van der Waals surface area contributed by atoms with Crippen LogP contribution in [0.15, 0.2) is 18.2 Å². The van der Waals surface area contributed by atoms with E-state index in [4.69, 9.17) is 9.47 Å². The number of rotatable bonds is 7. The summed E-state index contributed by atoms with van der Waals surface area (Å²) in [4.78, 5) is 0. The smallest absolute Gasteiger partial charge is 0.165 e. The molecule has 1 aliphatic rings. The van der Waals surface area contributed by atoms with Crippen LogP contribution in [0.4, 0.5) is 4.39 Å². The summed E-state index contributed by atoms with van der Waals surface area (Å²) in [5.41, 5.74) is 1.02. The van der Waals surface area contributed by atoms with Gasteiger partial charge in [0.15, 0.2) is 11.6 Å². The lowest BCUT2D eigenvalue weighted by Crippen LogP contribution is -2.26. The van der Waals surface area contributed by atoms with E-state index in [9.17, 15) is 4.39 Å². The summed E-state index contributed by atoms with van der Waals surface area (Å²) in [5.74, 6) is -0.0336. The van der Waals surface area contributed by atoms with Crippen molar-refractivity contribution in [3.8, 4) is 5.75 Å². The van der Waals surface area contributed by atoms with Crippen LogP contribution in [-0.2, 0) is 4.74 Å². The summed E-state index contributed by atoms with van der Waals surface area (Å²) in [6, 6.07) is 5.13. The van der Waals surface area contributed by atoms with Crippen LogP contribution in [0.2, 0.25) is 0 Å². The fourth-order valence-electron chi connectivity index (χ4n) is 2.80. The zero-order valence-electron chi connectivity index (χ0n) is 13.0. The summed E-state index contributed by atoms with van der Waals surface area (Å²) >= 11 is 0. The standard InChI is InChI=1S/C17H26FNO2/c1-13(14-8-9-16(18)17(12-14)20-2)19-10-11-21-15-6-4-3-5-7-15/h8-9,12-13,15,19H,3-7,10-11H2,1-2H3. The molecule has 118 valence electrons. The highest BCUT2D eigenvalue weighted by Crippen LogP contribution is 2.22. The van der Waals surface area contributed by atoms with Crippen LogP contribution in [0.1, 0.15) is 50.6 Å². The number of hydrogen-bond acceptors (Lipinski definition) is 3. The highest BCUT2D eigenvalue weighted by molar-refractivity contribution is 5.31. The van der Waals surface area contributed by atoms with Gasteiger partial charge in [-0.25, -0.2) is 4.39 Å². The van der Waals surface area contributed by atoms with Crippen LogP contribution in [0.5, 0.6) is 5.75 Å². The second-order valence-electron chi connectivity index (χ2n) is 5.70. The molecule has 0 saturated heterocycles. The summed E-state index contributed by atoms with van der Waals surface area (Å²) < 4.78 is 24.3. The second kappa shape index (κ2) is 8.35.